The first-order valence-electron chi connectivity index (χ1n) is 14.9. The third kappa shape index (κ3) is 6.32. The van der Waals surface area contributed by atoms with Crippen molar-refractivity contribution in [1.29, 1.82) is 0 Å². The van der Waals surface area contributed by atoms with Crippen LogP contribution in [0.15, 0.2) is 55.0 Å². The van der Waals surface area contributed by atoms with Crippen molar-refractivity contribution in [3.05, 3.63) is 82.8 Å². The highest BCUT2D eigenvalue weighted by molar-refractivity contribution is 5.95. The minimum absolute atomic E-state index is 0.0874. The van der Waals surface area contributed by atoms with E-state index in [0.29, 0.717) is 18.0 Å². The van der Waals surface area contributed by atoms with Gasteiger partial charge in [0.1, 0.15) is 11.4 Å². The number of ether oxygens (including phenoxy) is 3. The highest BCUT2D eigenvalue weighted by atomic mass is 16.6. The lowest BCUT2D eigenvalue weighted by Crippen LogP contribution is -2.36. The Labute approximate surface area is 253 Å². The Balaban J connectivity index is 1.53. The highest BCUT2D eigenvalue weighted by Gasteiger charge is 2.33. The molecule has 3 heterocycles. The van der Waals surface area contributed by atoms with Crippen molar-refractivity contribution >= 4 is 23.0 Å². The number of piperidine rings is 1. The van der Waals surface area contributed by atoms with E-state index in [4.69, 9.17) is 14.2 Å². The number of benzene rings is 2. The number of aromatic nitrogens is 3. The molecule has 0 N–H and O–H groups in total. The molecule has 5 rings (SSSR count). The molecule has 1 aliphatic heterocycles. The number of likely N-dealkylation sites (tertiary alicyclic amines) is 1. The predicted octanol–water partition coefficient (Wildman–Crippen LogP) is 6.87. The minimum atomic E-state index is -0.606. The van der Waals surface area contributed by atoms with Gasteiger partial charge in [-0.05, 0) is 101 Å². The standard InChI is InChI=1S/C34H42N4O5/c1-8-37-20-26(19-35-37)25-13-15-36(29(18-25)23-9-11-24(12-10-23)32(39)42-7)21-28-27-14-16-38(33(40)43-34(3,4)5)31(27)22(2)17-30(28)41-6/h9-12,14,16-17,19-20,25,29H,8,13,15,18,21H2,1-7H3/t25?,29-/m0/s1. The van der Waals surface area contributed by atoms with Gasteiger partial charge in [-0.15, -0.1) is 0 Å². The minimum Gasteiger partial charge on any atom is -0.496 e. The largest absolute Gasteiger partial charge is 0.496 e. The van der Waals surface area contributed by atoms with Crippen LogP contribution in [-0.2, 0) is 22.6 Å². The van der Waals surface area contributed by atoms with Gasteiger partial charge in [0.05, 0.1) is 31.5 Å². The van der Waals surface area contributed by atoms with Crippen molar-refractivity contribution in [3.63, 3.8) is 0 Å². The number of carbonyl (C=O) groups is 2. The van der Waals surface area contributed by atoms with Gasteiger partial charge >= 0.3 is 12.1 Å². The van der Waals surface area contributed by atoms with Crippen LogP contribution in [0.1, 0.15) is 85.1 Å². The fourth-order valence-corrected chi connectivity index (χ4v) is 6.15. The second kappa shape index (κ2) is 12.2. The van der Waals surface area contributed by atoms with Crippen LogP contribution in [0, 0.1) is 6.92 Å². The van der Waals surface area contributed by atoms with Crippen LogP contribution in [0.5, 0.6) is 5.75 Å². The summed E-state index contributed by atoms with van der Waals surface area (Å²) in [5.74, 6) is 0.797. The number of esters is 1. The molecule has 9 heteroatoms. The maximum Gasteiger partial charge on any atom is 0.419 e. The predicted molar refractivity (Wildman–Crippen MR) is 166 cm³/mol. The van der Waals surface area contributed by atoms with Crippen molar-refractivity contribution in [2.24, 2.45) is 0 Å². The number of hydrogen-bond acceptors (Lipinski definition) is 7. The van der Waals surface area contributed by atoms with E-state index in [1.807, 2.05) is 75.0 Å². The highest BCUT2D eigenvalue weighted by Crippen LogP contribution is 2.42. The van der Waals surface area contributed by atoms with E-state index >= 15 is 0 Å². The van der Waals surface area contributed by atoms with Gasteiger partial charge in [-0.1, -0.05) is 12.1 Å². The van der Waals surface area contributed by atoms with Gasteiger partial charge in [0, 0.05) is 42.5 Å². The molecular weight excluding hydrogens is 544 g/mol. The van der Waals surface area contributed by atoms with Crippen LogP contribution in [0.25, 0.3) is 10.9 Å². The van der Waals surface area contributed by atoms with Gasteiger partial charge in [0.25, 0.3) is 0 Å². The number of rotatable bonds is 7. The fraction of sp³-hybridized carbons (Fsp3) is 0.441. The van der Waals surface area contributed by atoms with E-state index in [1.54, 1.807) is 17.9 Å². The lowest BCUT2D eigenvalue weighted by molar-refractivity contribution is 0.0542. The number of nitrogens with zero attached hydrogens (tertiary/aromatic N) is 4. The first-order valence-corrected chi connectivity index (χ1v) is 14.9. The van der Waals surface area contributed by atoms with Crippen molar-refractivity contribution in [3.8, 4) is 5.75 Å². The summed E-state index contributed by atoms with van der Waals surface area (Å²) in [6, 6.07) is 11.8. The molecule has 1 unspecified atom stereocenters. The Hall–Kier alpha value is -4.11. The third-order valence-electron chi connectivity index (χ3n) is 8.28. The van der Waals surface area contributed by atoms with E-state index in [1.165, 1.54) is 12.7 Å². The molecule has 9 nitrogen and oxygen atoms in total. The number of hydrogen-bond donors (Lipinski definition) is 0. The summed E-state index contributed by atoms with van der Waals surface area (Å²) < 4.78 is 20.1. The zero-order chi connectivity index (χ0) is 30.9. The van der Waals surface area contributed by atoms with E-state index in [2.05, 4.69) is 23.1 Å². The fourth-order valence-electron chi connectivity index (χ4n) is 6.15. The first-order chi connectivity index (χ1) is 20.5. The number of fused-ring (bicyclic) bond motifs is 1. The quantitative estimate of drug-likeness (QED) is 0.219. The molecule has 0 amide bonds. The Morgan fingerprint density at radius 1 is 1.07 bits per heavy atom. The topological polar surface area (TPSA) is 87.8 Å². The van der Waals surface area contributed by atoms with Crippen LogP contribution in [0.4, 0.5) is 4.79 Å². The Bertz CT molecular complexity index is 1610. The zero-order valence-corrected chi connectivity index (χ0v) is 26.2. The average molecular weight is 587 g/mol. The van der Waals surface area contributed by atoms with Gasteiger partial charge < -0.3 is 14.2 Å². The zero-order valence-electron chi connectivity index (χ0n) is 26.2. The molecule has 0 spiro atoms. The molecule has 43 heavy (non-hydrogen) atoms. The summed E-state index contributed by atoms with van der Waals surface area (Å²) in [6.45, 7) is 12.0. The normalized spacial score (nSPS) is 17.7. The average Bonchev–Trinajstić information content (AvgIpc) is 3.66. The summed E-state index contributed by atoms with van der Waals surface area (Å²) in [4.78, 5) is 27.7. The van der Waals surface area contributed by atoms with E-state index in [9.17, 15) is 9.59 Å². The van der Waals surface area contributed by atoms with Crippen LogP contribution in [-0.4, -0.2) is 57.7 Å². The molecule has 2 aromatic carbocycles. The van der Waals surface area contributed by atoms with Crippen LogP contribution < -0.4 is 4.74 Å². The lowest BCUT2D eigenvalue weighted by atomic mass is 9.83. The number of methoxy groups -OCH3 is 2. The van der Waals surface area contributed by atoms with E-state index < -0.39 is 11.7 Å². The van der Waals surface area contributed by atoms with Crippen molar-refractivity contribution in [2.75, 3.05) is 20.8 Å². The second-order valence-corrected chi connectivity index (χ2v) is 12.3. The lowest BCUT2D eigenvalue weighted by Gasteiger charge is -2.40. The molecule has 1 fully saturated rings. The molecule has 1 aliphatic rings. The smallest absolute Gasteiger partial charge is 0.419 e. The molecule has 228 valence electrons. The first kappa shape index (κ1) is 30.4. The molecule has 0 bridgehead atoms. The second-order valence-electron chi connectivity index (χ2n) is 12.3. The summed E-state index contributed by atoms with van der Waals surface area (Å²) in [5.41, 5.74) is 5.10. The summed E-state index contributed by atoms with van der Waals surface area (Å²) in [7, 11) is 3.08. The molecule has 2 aromatic heterocycles. The van der Waals surface area contributed by atoms with E-state index in [0.717, 1.165) is 59.3 Å². The maximum atomic E-state index is 13.1. The van der Waals surface area contributed by atoms with Crippen LogP contribution in [0.3, 0.4) is 0 Å². The van der Waals surface area contributed by atoms with Gasteiger partial charge in [-0.3, -0.25) is 14.1 Å². The molecule has 0 radical (unpaired) electrons. The molecule has 2 atom stereocenters. The molecule has 1 saturated heterocycles. The Morgan fingerprint density at radius 2 is 1.81 bits per heavy atom. The van der Waals surface area contributed by atoms with Crippen molar-refractivity contribution in [2.45, 2.75) is 78.1 Å². The summed E-state index contributed by atoms with van der Waals surface area (Å²) >= 11 is 0. The number of carbonyl (C=O) groups excluding carboxylic acids is 2. The monoisotopic (exact) mass is 586 g/mol. The summed E-state index contributed by atoms with van der Waals surface area (Å²) in [5, 5.41) is 5.50. The van der Waals surface area contributed by atoms with Gasteiger partial charge in [-0.2, -0.15) is 5.10 Å². The Morgan fingerprint density at radius 3 is 2.44 bits per heavy atom. The van der Waals surface area contributed by atoms with E-state index in [-0.39, 0.29) is 12.0 Å². The molecule has 0 aliphatic carbocycles. The van der Waals surface area contributed by atoms with Crippen molar-refractivity contribution in [1.82, 2.24) is 19.2 Å². The SMILES string of the molecule is CCn1cc(C2CCN(Cc3c(OC)cc(C)c4c3ccn4C(=O)OC(C)(C)C)[C@H](c3ccc(C(=O)OC)cc3)C2)cn1. The molecule has 4 aromatic rings. The van der Waals surface area contributed by atoms with Crippen LogP contribution >= 0.6 is 0 Å². The van der Waals surface area contributed by atoms with Gasteiger partial charge in [0.2, 0.25) is 0 Å². The number of aryl methyl sites for hydroxylation is 2. The summed E-state index contributed by atoms with van der Waals surface area (Å²) in [6.07, 6.45) is 7.43. The third-order valence-corrected chi connectivity index (χ3v) is 8.28. The van der Waals surface area contributed by atoms with Gasteiger partial charge in [-0.25, -0.2) is 9.59 Å². The van der Waals surface area contributed by atoms with Crippen LogP contribution in [0.2, 0.25) is 0 Å². The van der Waals surface area contributed by atoms with Gasteiger partial charge in [0.15, 0.2) is 0 Å². The molecular formula is C34H42N4O5. The molecule has 0 saturated carbocycles. The maximum absolute atomic E-state index is 13.1. The van der Waals surface area contributed by atoms with Crippen molar-refractivity contribution < 1.29 is 23.8 Å². The Kier molecular flexibility index (Phi) is 8.64.